The molecule has 4 heteroatoms. The molecule has 17 heavy (non-hydrogen) atoms. The van der Waals surface area contributed by atoms with Crippen molar-refractivity contribution in [2.75, 3.05) is 13.2 Å². The fourth-order valence-corrected chi connectivity index (χ4v) is 1.69. The van der Waals surface area contributed by atoms with Crippen LogP contribution in [0.25, 0.3) is 0 Å². The predicted molar refractivity (Wildman–Crippen MR) is 71.0 cm³/mol. The summed E-state index contributed by atoms with van der Waals surface area (Å²) in [6, 6.07) is -0.299. The van der Waals surface area contributed by atoms with Gasteiger partial charge in [-0.15, -0.1) is 0 Å². The summed E-state index contributed by atoms with van der Waals surface area (Å²) in [5.41, 5.74) is 0. The van der Waals surface area contributed by atoms with Crippen molar-refractivity contribution in [2.45, 2.75) is 58.9 Å². The summed E-state index contributed by atoms with van der Waals surface area (Å²) in [6.07, 6.45) is 5.43. The van der Waals surface area contributed by atoms with Crippen LogP contribution < -0.4 is 10.6 Å². The zero-order valence-electron chi connectivity index (χ0n) is 11.5. The van der Waals surface area contributed by atoms with Crippen LogP contribution in [0.15, 0.2) is 0 Å². The quantitative estimate of drug-likeness (QED) is 0.582. The first-order valence-corrected chi connectivity index (χ1v) is 6.83. The van der Waals surface area contributed by atoms with Gasteiger partial charge in [-0.1, -0.05) is 40.0 Å². The summed E-state index contributed by atoms with van der Waals surface area (Å²) in [5, 5.41) is 14.6. The number of hydrogen-bond acceptors (Lipinski definition) is 2. The molecule has 0 aromatic rings. The zero-order chi connectivity index (χ0) is 13.1. The third-order valence-electron chi connectivity index (χ3n) is 3.14. The molecule has 0 aromatic heterocycles. The van der Waals surface area contributed by atoms with Crippen molar-refractivity contribution in [2.24, 2.45) is 5.92 Å². The minimum atomic E-state index is -0.166. The van der Waals surface area contributed by atoms with Crippen LogP contribution in [0.2, 0.25) is 0 Å². The monoisotopic (exact) mass is 244 g/mol. The molecule has 0 heterocycles. The summed E-state index contributed by atoms with van der Waals surface area (Å²) < 4.78 is 0. The van der Waals surface area contributed by atoms with Crippen LogP contribution in [0.4, 0.5) is 4.79 Å². The van der Waals surface area contributed by atoms with Gasteiger partial charge in [-0.05, 0) is 18.8 Å². The number of nitrogens with one attached hydrogen (secondary N) is 2. The Hall–Kier alpha value is -0.770. The highest BCUT2D eigenvalue weighted by atomic mass is 16.3. The average Bonchev–Trinajstić information content (AvgIpc) is 2.36. The van der Waals surface area contributed by atoms with Crippen molar-refractivity contribution in [3.63, 3.8) is 0 Å². The van der Waals surface area contributed by atoms with Gasteiger partial charge in [-0.3, -0.25) is 0 Å². The highest BCUT2D eigenvalue weighted by Crippen LogP contribution is 2.10. The van der Waals surface area contributed by atoms with E-state index >= 15 is 0 Å². The summed E-state index contributed by atoms with van der Waals surface area (Å²) in [4.78, 5) is 11.5. The molecule has 0 rings (SSSR count). The van der Waals surface area contributed by atoms with E-state index in [-0.39, 0.29) is 18.7 Å². The van der Waals surface area contributed by atoms with Crippen molar-refractivity contribution in [1.29, 1.82) is 0 Å². The van der Waals surface area contributed by atoms with Crippen molar-refractivity contribution in [3.8, 4) is 0 Å². The molecule has 3 N–H and O–H groups in total. The van der Waals surface area contributed by atoms with Gasteiger partial charge in [0.15, 0.2) is 0 Å². The molecule has 0 aliphatic rings. The fourth-order valence-electron chi connectivity index (χ4n) is 1.69. The first kappa shape index (κ1) is 16.2. The van der Waals surface area contributed by atoms with Crippen LogP contribution >= 0.6 is 0 Å². The highest BCUT2D eigenvalue weighted by Gasteiger charge is 2.11. The third-order valence-corrected chi connectivity index (χ3v) is 3.14. The summed E-state index contributed by atoms with van der Waals surface area (Å²) in [5.74, 6) is 0.565. The highest BCUT2D eigenvalue weighted by molar-refractivity contribution is 5.74. The first-order valence-electron chi connectivity index (χ1n) is 6.83. The lowest BCUT2D eigenvalue weighted by atomic mass is 9.99. The summed E-state index contributed by atoms with van der Waals surface area (Å²) >= 11 is 0. The largest absolute Gasteiger partial charge is 0.394 e. The molecule has 0 unspecified atom stereocenters. The van der Waals surface area contributed by atoms with Crippen LogP contribution in [0.1, 0.15) is 52.9 Å². The van der Waals surface area contributed by atoms with E-state index in [2.05, 4.69) is 24.5 Å². The molecule has 2 amide bonds. The number of aliphatic hydroxyl groups excluding tert-OH is 1. The van der Waals surface area contributed by atoms with Crippen LogP contribution in [0.3, 0.4) is 0 Å². The zero-order valence-corrected chi connectivity index (χ0v) is 11.5. The molecule has 4 nitrogen and oxygen atoms in total. The molecule has 2 atom stereocenters. The van der Waals surface area contributed by atoms with Gasteiger partial charge >= 0.3 is 6.03 Å². The minimum Gasteiger partial charge on any atom is -0.394 e. The number of amides is 2. The topological polar surface area (TPSA) is 61.4 Å². The molecule has 0 spiro atoms. The molecule has 0 radical (unpaired) electrons. The second kappa shape index (κ2) is 10.4. The number of carbonyl (C=O) groups excluding carboxylic acids is 1. The number of unbranched alkanes of at least 4 members (excludes halogenated alkanes) is 1. The molecular formula is C13H28N2O2. The number of rotatable bonds is 9. The smallest absolute Gasteiger partial charge is 0.315 e. The second-order valence-electron chi connectivity index (χ2n) is 4.56. The normalized spacial score (nSPS) is 14.1. The Morgan fingerprint density at radius 1 is 1.24 bits per heavy atom. The predicted octanol–water partition coefficient (Wildman–Crippen LogP) is 2.27. The molecule has 0 aliphatic carbocycles. The SMILES string of the molecule is CCCC[C@@H](CC)CNC(=O)N[C@@H](CC)CO. The number of carbonyl (C=O) groups is 1. The van der Waals surface area contributed by atoms with Crippen molar-refractivity contribution >= 4 is 6.03 Å². The Morgan fingerprint density at radius 3 is 2.41 bits per heavy atom. The Morgan fingerprint density at radius 2 is 1.94 bits per heavy atom. The van der Waals surface area contributed by atoms with Crippen LogP contribution in [0, 0.1) is 5.92 Å². The van der Waals surface area contributed by atoms with Crippen molar-refractivity contribution in [3.05, 3.63) is 0 Å². The van der Waals surface area contributed by atoms with E-state index in [1.54, 1.807) is 0 Å². The van der Waals surface area contributed by atoms with Crippen LogP contribution in [0.5, 0.6) is 0 Å². The van der Waals surface area contributed by atoms with E-state index in [4.69, 9.17) is 5.11 Å². The lowest BCUT2D eigenvalue weighted by Crippen LogP contribution is -2.44. The minimum absolute atomic E-state index is 0.00301. The maximum atomic E-state index is 11.5. The van der Waals surface area contributed by atoms with Gasteiger partial charge in [0.05, 0.1) is 12.6 Å². The Balaban J connectivity index is 3.79. The lowest BCUT2D eigenvalue weighted by Gasteiger charge is -2.18. The average molecular weight is 244 g/mol. The van der Waals surface area contributed by atoms with E-state index < -0.39 is 0 Å². The van der Waals surface area contributed by atoms with Gasteiger partial charge in [0.2, 0.25) is 0 Å². The molecule has 0 aromatic carbocycles. The van der Waals surface area contributed by atoms with Crippen molar-refractivity contribution in [1.82, 2.24) is 10.6 Å². The number of urea groups is 1. The second-order valence-corrected chi connectivity index (χ2v) is 4.56. The van der Waals surface area contributed by atoms with Gasteiger partial charge in [0.1, 0.15) is 0 Å². The molecular weight excluding hydrogens is 216 g/mol. The van der Waals surface area contributed by atoms with E-state index in [1.807, 2.05) is 6.92 Å². The Bertz CT molecular complexity index is 194. The maximum Gasteiger partial charge on any atom is 0.315 e. The molecule has 102 valence electrons. The number of hydrogen-bond donors (Lipinski definition) is 3. The van der Waals surface area contributed by atoms with Gasteiger partial charge in [-0.2, -0.15) is 0 Å². The van der Waals surface area contributed by atoms with Gasteiger partial charge in [0.25, 0.3) is 0 Å². The Labute approximate surface area is 105 Å². The molecule has 0 fully saturated rings. The summed E-state index contributed by atoms with van der Waals surface area (Å²) in [6.45, 7) is 7.00. The molecule has 0 aliphatic heterocycles. The van der Waals surface area contributed by atoms with Gasteiger partial charge < -0.3 is 15.7 Å². The fraction of sp³-hybridized carbons (Fsp3) is 0.923. The lowest BCUT2D eigenvalue weighted by molar-refractivity contribution is 0.213. The van der Waals surface area contributed by atoms with E-state index in [0.717, 1.165) is 19.4 Å². The van der Waals surface area contributed by atoms with E-state index in [9.17, 15) is 4.79 Å². The van der Waals surface area contributed by atoms with E-state index in [1.165, 1.54) is 19.3 Å². The van der Waals surface area contributed by atoms with Crippen molar-refractivity contribution < 1.29 is 9.90 Å². The van der Waals surface area contributed by atoms with Gasteiger partial charge in [-0.25, -0.2) is 4.79 Å². The van der Waals surface area contributed by atoms with Crippen LogP contribution in [-0.4, -0.2) is 30.3 Å². The molecule has 0 bridgehead atoms. The van der Waals surface area contributed by atoms with E-state index in [0.29, 0.717) is 5.92 Å². The third kappa shape index (κ3) is 8.02. The summed E-state index contributed by atoms with van der Waals surface area (Å²) in [7, 11) is 0. The first-order chi connectivity index (χ1) is 8.17. The number of aliphatic hydroxyl groups is 1. The van der Waals surface area contributed by atoms with Gasteiger partial charge in [0, 0.05) is 6.54 Å². The van der Waals surface area contributed by atoms with Crippen LogP contribution in [-0.2, 0) is 0 Å². The standard InChI is InChI=1S/C13H28N2O2/c1-4-7-8-11(5-2)9-14-13(17)15-12(6-3)10-16/h11-12,16H,4-10H2,1-3H3,(H2,14,15,17)/t11-,12+/m1/s1. The molecule has 0 saturated carbocycles. The molecule has 0 saturated heterocycles. The Kier molecular flexibility index (Phi) is 9.92. The maximum absolute atomic E-state index is 11.5.